The Bertz CT molecular complexity index is 1540. The van der Waals surface area contributed by atoms with Gasteiger partial charge in [-0.25, -0.2) is 0 Å². The number of nitrogens with one attached hydrogen (secondary N) is 1. The van der Waals surface area contributed by atoms with Crippen LogP contribution in [0, 0.1) is 25.7 Å². The molecule has 0 unspecified atom stereocenters. The molecule has 6 rings (SSSR count). The number of aliphatic hydroxyl groups is 1. The second kappa shape index (κ2) is 12.3. The number of hydrogen-bond donors (Lipinski definition) is 2. The first-order valence-corrected chi connectivity index (χ1v) is 15.5. The summed E-state index contributed by atoms with van der Waals surface area (Å²) in [5.74, 6) is -3.77. The third kappa shape index (κ3) is 5.25. The van der Waals surface area contributed by atoms with Crippen LogP contribution < -0.4 is 10.2 Å². The molecule has 4 aliphatic heterocycles. The van der Waals surface area contributed by atoms with Crippen LogP contribution in [0.15, 0.2) is 72.8 Å². The molecule has 4 heterocycles. The highest BCUT2D eigenvalue weighted by molar-refractivity contribution is 6.06. The van der Waals surface area contributed by atoms with Crippen LogP contribution >= 0.6 is 0 Å². The van der Waals surface area contributed by atoms with Gasteiger partial charge in [-0.3, -0.25) is 19.2 Å². The molecule has 236 valence electrons. The maximum atomic E-state index is 14.9. The van der Waals surface area contributed by atoms with Crippen molar-refractivity contribution in [3.05, 3.63) is 89.5 Å². The molecule has 0 saturated carbocycles. The molecule has 7 atom stereocenters. The number of ether oxygens (including phenoxy) is 2. The van der Waals surface area contributed by atoms with Gasteiger partial charge in [-0.05, 0) is 43.9 Å². The number of carbonyl (C=O) groups excluding carboxylic acids is 4. The number of likely N-dealkylation sites (tertiary alicyclic amines) is 1. The van der Waals surface area contributed by atoms with E-state index in [0.717, 1.165) is 16.8 Å². The van der Waals surface area contributed by atoms with E-state index < -0.39 is 60.2 Å². The van der Waals surface area contributed by atoms with E-state index in [9.17, 15) is 24.3 Å². The van der Waals surface area contributed by atoms with Crippen molar-refractivity contribution in [2.24, 2.45) is 11.8 Å². The largest absolute Gasteiger partial charge is 0.460 e. The van der Waals surface area contributed by atoms with Crippen molar-refractivity contribution in [3.63, 3.8) is 0 Å². The number of allylic oxidation sites excluding steroid dienone is 1. The third-order valence-electron chi connectivity index (χ3n) is 9.37. The van der Waals surface area contributed by atoms with Gasteiger partial charge in [0.1, 0.15) is 23.7 Å². The van der Waals surface area contributed by atoms with Gasteiger partial charge in [0, 0.05) is 18.7 Å². The highest BCUT2D eigenvalue weighted by Gasteiger charge is 2.72. The highest BCUT2D eigenvalue weighted by Crippen LogP contribution is 2.55. The molecule has 45 heavy (non-hydrogen) atoms. The van der Waals surface area contributed by atoms with Crippen LogP contribution in [0.1, 0.15) is 42.5 Å². The van der Waals surface area contributed by atoms with Crippen LogP contribution in [0.2, 0.25) is 0 Å². The summed E-state index contributed by atoms with van der Waals surface area (Å²) >= 11 is 0. The summed E-state index contributed by atoms with van der Waals surface area (Å²) in [5.41, 5.74) is 1.69. The number of nitrogens with zero attached hydrogens (tertiary/aromatic N) is 2. The van der Waals surface area contributed by atoms with Gasteiger partial charge in [0.15, 0.2) is 0 Å². The minimum atomic E-state index is -1.52. The Kier molecular flexibility index (Phi) is 8.37. The molecule has 2 N–H and O–H groups in total. The van der Waals surface area contributed by atoms with Gasteiger partial charge in [-0.1, -0.05) is 72.8 Å². The second-order valence-electron chi connectivity index (χ2n) is 12.3. The number of amides is 3. The Balaban J connectivity index is 1.51. The number of esters is 1. The molecule has 2 saturated heterocycles. The van der Waals surface area contributed by atoms with E-state index in [2.05, 4.69) is 5.32 Å². The molecular formula is C35H39N3O7. The van der Waals surface area contributed by atoms with Crippen molar-refractivity contribution < 1.29 is 33.8 Å². The number of rotatable bonds is 4. The third-order valence-corrected chi connectivity index (χ3v) is 9.37. The van der Waals surface area contributed by atoms with E-state index in [1.54, 1.807) is 30.1 Å². The number of fused-ring (bicyclic) bond motifs is 2. The summed E-state index contributed by atoms with van der Waals surface area (Å²) in [6.45, 7) is 5.48. The van der Waals surface area contributed by atoms with E-state index >= 15 is 0 Å². The Hall–Kier alpha value is -4.28. The minimum absolute atomic E-state index is 0.134. The van der Waals surface area contributed by atoms with Crippen molar-refractivity contribution in [2.75, 3.05) is 24.6 Å². The minimum Gasteiger partial charge on any atom is -0.460 e. The number of benzene rings is 2. The van der Waals surface area contributed by atoms with Crippen LogP contribution in [0.5, 0.6) is 0 Å². The summed E-state index contributed by atoms with van der Waals surface area (Å²) in [6, 6.07) is 12.8. The molecule has 3 amide bonds. The van der Waals surface area contributed by atoms with Crippen molar-refractivity contribution in [2.45, 2.75) is 63.5 Å². The van der Waals surface area contributed by atoms with Gasteiger partial charge in [0.2, 0.25) is 11.8 Å². The fourth-order valence-corrected chi connectivity index (χ4v) is 7.40. The van der Waals surface area contributed by atoms with E-state index in [1.807, 2.05) is 68.5 Å². The lowest BCUT2D eigenvalue weighted by Crippen LogP contribution is -2.56. The SMILES string of the molecule is Cc1cccc(C)c1N1CC=C[C@@]23O[C@H]4/C=C\CCC(=O)NC[C@H](C)OC(=O)[C@H]4[C@@H]2C(=O)N([C@H](CO)c2ccccc2)[C@H]3C1=O. The first kappa shape index (κ1) is 30.7. The number of hydrogen-bond acceptors (Lipinski definition) is 7. The quantitative estimate of drug-likeness (QED) is 0.401. The molecule has 0 bridgehead atoms. The van der Waals surface area contributed by atoms with E-state index in [1.165, 1.54) is 4.90 Å². The van der Waals surface area contributed by atoms with Gasteiger partial charge in [0.05, 0.1) is 31.2 Å². The van der Waals surface area contributed by atoms with Crippen molar-refractivity contribution in [3.8, 4) is 0 Å². The fraction of sp³-hybridized carbons (Fsp3) is 0.429. The molecule has 2 aromatic rings. The first-order valence-electron chi connectivity index (χ1n) is 15.5. The van der Waals surface area contributed by atoms with E-state index in [4.69, 9.17) is 9.47 Å². The molecule has 1 spiro atoms. The standard InChI is InChI=1S/C35H39N3O7/c1-21-11-9-12-22(2)30(21)37-18-10-17-35-29(28-26(45-35)15-7-8-16-27(40)36-19-23(3)44-34(28)43)32(41)38(31(35)33(37)42)25(20-39)24-13-5-4-6-14-24/h4-7,9-15,17,23,25-26,28-29,31,39H,8,16,18-20H2,1-3H3,(H,36,40)/b15-7-/t23-,25+,26-,28+,29+,31-,35+/m0/s1. The Morgan fingerprint density at radius 2 is 1.73 bits per heavy atom. The Morgan fingerprint density at radius 1 is 1.00 bits per heavy atom. The molecule has 4 aliphatic rings. The number of para-hydroxylation sites is 1. The van der Waals surface area contributed by atoms with Crippen LogP contribution in [-0.4, -0.2) is 77.2 Å². The topological polar surface area (TPSA) is 125 Å². The summed E-state index contributed by atoms with van der Waals surface area (Å²) < 4.78 is 12.6. The number of aliphatic hydroxyl groups excluding tert-OH is 1. The molecule has 2 fully saturated rings. The van der Waals surface area contributed by atoms with Gasteiger partial charge in [-0.15, -0.1) is 0 Å². The summed E-state index contributed by atoms with van der Waals surface area (Å²) in [6.07, 6.45) is 6.22. The normalized spacial score (nSPS) is 31.5. The smallest absolute Gasteiger partial charge is 0.313 e. The van der Waals surface area contributed by atoms with Crippen molar-refractivity contribution in [1.29, 1.82) is 0 Å². The molecule has 0 radical (unpaired) electrons. The average molecular weight is 614 g/mol. The first-order chi connectivity index (χ1) is 21.7. The fourth-order valence-electron chi connectivity index (χ4n) is 7.40. The highest BCUT2D eigenvalue weighted by atomic mass is 16.6. The van der Waals surface area contributed by atoms with Gasteiger partial charge >= 0.3 is 5.97 Å². The monoisotopic (exact) mass is 613 g/mol. The molecule has 2 aromatic carbocycles. The number of aryl methyl sites for hydroxylation is 2. The predicted octanol–water partition coefficient (Wildman–Crippen LogP) is 2.92. The Morgan fingerprint density at radius 3 is 2.44 bits per heavy atom. The van der Waals surface area contributed by atoms with Gasteiger partial charge < -0.3 is 29.7 Å². The second-order valence-corrected chi connectivity index (χ2v) is 12.3. The lowest BCUT2D eigenvalue weighted by atomic mass is 9.78. The number of carbonyl (C=O) groups is 4. The van der Waals surface area contributed by atoms with Crippen LogP contribution in [0.25, 0.3) is 0 Å². The number of anilines is 1. The maximum absolute atomic E-state index is 14.9. The zero-order chi connectivity index (χ0) is 31.9. The molecule has 10 nitrogen and oxygen atoms in total. The van der Waals surface area contributed by atoms with Crippen LogP contribution in [0.4, 0.5) is 5.69 Å². The lowest BCUT2D eigenvalue weighted by molar-refractivity contribution is -0.159. The van der Waals surface area contributed by atoms with Crippen molar-refractivity contribution in [1.82, 2.24) is 10.2 Å². The average Bonchev–Trinajstić information content (AvgIpc) is 3.41. The molecule has 10 heteroatoms. The van der Waals surface area contributed by atoms with Gasteiger partial charge in [0.25, 0.3) is 5.91 Å². The maximum Gasteiger partial charge on any atom is 0.313 e. The van der Waals surface area contributed by atoms with Crippen LogP contribution in [0.3, 0.4) is 0 Å². The number of cyclic esters (lactones) is 1. The molecule has 0 aliphatic carbocycles. The zero-order valence-corrected chi connectivity index (χ0v) is 25.7. The Labute approximate surface area is 262 Å². The summed E-state index contributed by atoms with van der Waals surface area (Å²) in [7, 11) is 0. The predicted molar refractivity (Wildman–Crippen MR) is 166 cm³/mol. The van der Waals surface area contributed by atoms with E-state index in [0.29, 0.717) is 12.0 Å². The van der Waals surface area contributed by atoms with Crippen LogP contribution in [-0.2, 0) is 28.7 Å². The summed E-state index contributed by atoms with van der Waals surface area (Å²) in [4.78, 5) is 59.0. The molecular weight excluding hydrogens is 574 g/mol. The lowest BCUT2D eigenvalue weighted by Gasteiger charge is -2.39. The zero-order valence-electron chi connectivity index (χ0n) is 25.7. The van der Waals surface area contributed by atoms with E-state index in [-0.39, 0.29) is 31.3 Å². The molecule has 0 aromatic heterocycles. The van der Waals surface area contributed by atoms with Gasteiger partial charge in [-0.2, -0.15) is 0 Å². The summed E-state index contributed by atoms with van der Waals surface area (Å²) in [5, 5.41) is 13.5. The van der Waals surface area contributed by atoms with Crippen molar-refractivity contribution >= 4 is 29.4 Å².